The summed E-state index contributed by atoms with van der Waals surface area (Å²) in [6, 6.07) is 3.53. The van der Waals surface area contributed by atoms with Gasteiger partial charge in [0.2, 0.25) is 0 Å². The SMILES string of the molecule is CC1(C)CCC(CS(=O)c2ccc(F)c(C(=O)O)c2)O1. The molecule has 4 nitrogen and oxygen atoms in total. The summed E-state index contributed by atoms with van der Waals surface area (Å²) in [7, 11) is -1.40. The van der Waals surface area contributed by atoms with Gasteiger partial charge < -0.3 is 9.84 Å². The molecule has 0 spiro atoms. The number of carbonyl (C=O) groups is 1. The highest BCUT2D eigenvalue weighted by atomic mass is 32.2. The lowest BCUT2D eigenvalue weighted by molar-refractivity contribution is -0.00498. The summed E-state index contributed by atoms with van der Waals surface area (Å²) in [5.41, 5.74) is -0.660. The Morgan fingerprint density at radius 2 is 2.25 bits per heavy atom. The van der Waals surface area contributed by atoms with Gasteiger partial charge in [-0.1, -0.05) is 0 Å². The molecule has 0 aliphatic carbocycles. The zero-order valence-corrected chi connectivity index (χ0v) is 12.2. The number of rotatable bonds is 4. The molecule has 0 bridgehead atoms. The first-order valence-corrected chi connectivity index (χ1v) is 7.69. The molecule has 0 aromatic heterocycles. The zero-order valence-electron chi connectivity index (χ0n) is 11.4. The molecule has 0 amide bonds. The van der Waals surface area contributed by atoms with Crippen molar-refractivity contribution in [3.05, 3.63) is 29.6 Å². The van der Waals surface area contributed by atoms with Crippen LogP contribution in [0.2, 0.25) is 0 Å². The Morgan fingerprint density at radius 3 is 2.80 bits per heavy atom. The lowest BCUT2D eigenvalue weighted by Gasteiger charge is -2.19. The summed E-state index contributed by atoms with van der Waals surface area (Å²) in [6.45, 7) is 3.96. The molecule has 2 rings (SSSR count). The minimum atomic E-state index is -1.40. The first-order chi connectivity index (χ1) is 9.28. The number of halogens is 1. The summed E-state index contributed by atoms with van der Waals surface area (Å²) < 4.78 is 31.3. The van der Waals surface area contributed by atoms with Crippen LogP contribution >= 0.6 is 0 Å². The molecule has 2 unspecified atom stereocenters. The van der Waals surface area contributed by atoms with Crippen LogP contribution in [-0.2, 0) is 15.5 Å². The van der Waals surface area contributed by atoms with E-state index in [9.17, 15) is 13.4 Å². The van der Waals surface area contributed by atoms with Gasteiger partial charge in [-0.15, -0.1) is 0 Å². The standard InChI is InChI=1S/C14H17FO4S/c1-14(2)6-5-9(19-14)8-20(18)10-3-4-12(15)11(7-10)13(16)17/h3-4,7,9H,5-6,8H2,1-2H3,(H,16,17). The number of aromatic carboxylic acids is 1. The van der Waals surface area contributed by atoms with Crippen LogP contribution in [0.3, 0.4) is 0 Å². The fraction of sp³-hybridized carbons (Fsp3) is 0.500. The first-order valence-electron chi connectivity index (χ1n) is 6.37. The van der Waals surface area contributed by atoms with Crippen LogP contribution in [0.25, 0.3) is 0 Å². The molecule has 6 heteroatoms. The summed E-state index contributed by atoms with van der Waals surface area (Å²) in [5, 5.41) is 8.86. The average molecular weight is 300 g/mol. The Labute approximate surface area is 119 Å². The van der Waals surface area contributed by atoms with Crippen molar-refractivity contribution < 1.29 is 23.2 Å². The van der Waals surface area contributed by atoms with Gasteiger partial charge in [0.05, 0.1) is 33.8 Å². The molecular weight excluding hydrogens is 283 g/mol. The van der Waals surface area contributed by atoms with Gasteiger partial charge >= 0.3 is 5.97 Å². The number of carboxylic acids is 1. The predicted octanol–water partition coefficient (Wildman–Crippen LogP) is 2.59. The molecule has 1 aromatic carbocycles. The van der Waals surface area contributed by atoms with Crippen LogP contribution in [0.1, 0.15) is 37.0 Å². The number of carboxylic acid groups (broad SMARTS) is 1. The van der Waals surface area contributed by atoms with E-state index in [1.54, 1.807) is 0 Å². The van der Waals surface area contributed by atoms with Gasteiger partial charge in [0, 0.05) is 4.90 Å². The van der Waals surface area contributed by atoms with Gasteiger partial charge in [-0.25, -0.2) is 9.18 Å². The fourth-order valence-corrected chi connectivity index (χ4v) is 3.50. The highest BCUT2D eigenvalue weighted by Gasteiger charge is 2.32. The molecule has 0 radical (unpaired) electrons. The van der Waals surface area contributed by atoms with Gasteiger partial charge in [0.15, 0.2) is 0 Å². The highest BCUT2D eigenvalue weighted by Crippen LogP contribution is 2.30. The molecule has 1 saturated heterocycles. The quantitative estimate of drug-likeness (QED) is 0.928. The molecular formula is C14H17FO4S. The predicted molar refractivity (Wildman–Crippen MR) is 72.8 cm³/mol. The Hall–Kier alpha value is -1.27. The molecule has 1 heterocycles. The molecule has 2 atom stereocenters. The van der Waals surface area contributed by atoms with Crippen molar-refractivity contribution in [2.45, 2.75) is 43.3 Å². The Balaban J connectivity index is 2.10. The molecule has 1 aromatic rings. The van der Waals surface area contributed by atoms with Crippen molar-refractivity contribution in [3.63, 3.8) is 0 Å². The van der Waals surface area contributed by atoms with E-state index in [0.717, 1.165) is 25.0 Å². The maximum atomic E-state index is 13.3. The van der Waals surface area contributed by atoms with E-state index in [1.807, 2.05) is 13.8 Å². The number of benzene rings is 1. The molecule has 1 N–H and O–H groups in total. The van der Waals surface area contributed by atoms with Crippen molar-refractivity contribution in [1.82, 2.24) is 0 Å². The van der Waals surface area contributed by atoms with E-state index in [1.165, 1.54) is 6.07 Å². The Kier molecular flexibility index (Phi) is 4.25. The second-order valence-electron chi connectivity index (χ2n) is 5.50. The molecule has 20 heavy (non-hydrogen) atoms. The monoisotopic (exact) mass is 300 g/mol. The van der Waals surface area contributed by atoms with Crippen LogP contribution < -0.4 is 0 Å². The lowest BCUT2D eigenvalue weighted by Crippen LogP contribution is -2.23. The van der Waals surface area contributed by atoms with Crippen LogP contribution in [0.5, 0.6) is 0 Å². The highest BCUT2D eigenvalue weighted by molar-refractivity contribution is 7.85. The first kappa shape index (κ1) is 15.1. The Bertz CT molecular complexity index is 556. The smallest absolute Gasteiger partial charge is 0.338 e. The van der Waals surface area contributed by atoms with Gasteiger partial charge in [-0.2, -0.15) is 0 Å². The van der Waals surface area contributed by atoms with Crippen LogP contribution in [0.15, 0.2) is 23.1 Å². The molecule has 1 fully saturated rings. The number of hydrogen-bond donors (Lipinski definition) is 1. The number of hydrogen-bond acceptors (Lipinski definition) is 3. The van der Waals surface area contributed by atoms with Crippen molar-refractivity contribution in [3.8, 4) is 0 Å². The number of ether oxygens (including phenoxy) is 1. The van der Waals surface area contributed by atoms with Crippen LogP contribution in [0, 0.1) is 5.82 Å². The lowest BCUT2D eigenvalue weighted by atomic mass is 10.1. The minimum absolute atomic E-state index is 0.107. The fourth-order valence-electron chi connectivity index (χ4n) is 2.27. The van der Waals surface area contributed by atoms with E-state index in [0.29, 0.717) is 10.6 Å². The van der Waals surface area contributed by atoms with E-state index in [-0.39, 0.29) is 11.7 Å². The third kappa shape index (κ3) is 3.43. The third-order valence-corrected chi connectivity index (χ3v) is 4.78. The van der Waals surface area contributed by atoms with Crippen molar-refractivity contribution >= 4 is 16.8 Å². The van der Waals surface area contributed by atoms with E-state index < -0.39 is 28.1 Å². The maximum Gasteiger partial charge on any atom is 0.338 e. The van der Waals surface area contributed by atoms with Gasteiger partial charge in [0.25, 0.3) is 0 Å². The van der Waals surface area contributed by atoms with E-state index >= 15 is 0 Å². The van der Waals surface area contributed by atoms with Crippen LogP contribution in [0.4, 0.5) is 4.39 Å². The maximum absolute atomic E-state index is 13.3. The third-order valence-electron chi connectivity index (χ3n) is 3.32. The minimum Gasteiger partial charge on any atom is -0.478 e. The zero-order chi connectivity index (χ0) is 14.9. The van der Waals surface area contributed by atoms with Crippen LogP contribution in [-0.4, -0.2) is 32.7 Å². The van der Waals surface area contributed by atoms with E-state index in [4.69, 9.17) is 9.84 Å². The molecule has 110 valence electrons. The molecule has 0 saturated carbocycles. The van der Waals surface area contributed by atoms with Crippen molar-refractivity contribution in [2.75, 3.05) is 5.75 Å². The summed E-state index contributed by atoms with van der Waals surface area (Å²) in [6.07, 6.45) is 1.62. The largest absolute Gasteiger partial charge is 0.478 e. The van der Waals surface area contributed by atoms with E-state index in [2.05, 4.69) is 0 Å². The average Bonchev–Trinajstić information content (AvgIpc) is 2.68. The van der Waals surface area contributed by atoms with Crippen molar-refractivity contribution in [2.24, 2.45) is 0 Å². The molecule has 1 aliphatic rings. The second kappa shape index (κ2) is 5.61. The topological polar surface area (TPSA) is 63.6 Å². The Morgan fingerprint density at radius 1 is 1.55 bits per heavy atom. The van der Waals surface area contributed by atoms with Gasteiger partial charge in [-0.05, 0) is 44.9 Å². The summed E-state index contributed by atoms with van der Waals surface area (Å²) >= 11 is 0. The van der Waals surface area contributed by atoms with Crippen molar-refractivity contribution in [1.29, 1.82) is 0 Å². The second-order valence-corrected chi connectivity index (χ2v) is 6.99. The van der Waals surface area contributed by atoms with Gasteiger partial charge in [0.1, 0.15) is 5.82 Å². The van der Waals surface area contributed by atoms with Gasteiger partial charge in [-0.3, -0.25) is 4.21 Å². The molecule has 1 aliphatic heterocycles. The summed E-state index contributed by atoms with van der Waals surface area (Å²) in [5.74, 6) is -1.88. The normalized spacial score (nSPS) is 22.6. The summed E-state index contributed by atoms with van der Waals surface area (Å²) in [4.78, 5) is 11.2.